The monoisotopic (exact) mass is 409 g/mol. The van der Waals surface area contributed by atoms with E-state index in [0.29, 0.717) is 37.8 Å². The molecule has 3 rings (SSSR count). The highest BCUT2D eigenvalue weighted by atomic mass is 19.1. The lowest BCUT2D eigenvalue weighted by atomic mass is 10.0. The van der Waals surface area contributed by atoms with E-state index in [1.165, 1.54) is 12.1 Å². The van der Waals surface area contributed by atoms with Gasteiger partial charge in [-0.15, -0.1) is 0 Å². The SMILES string of the molecule is CCNC(=NCc1cccc(C#N)c1)NCC(c1ccc(F)cc1)N1CCOCC1. The summed E-state index contributed by atoms with van der Waals surface area (Å²) < 4.78 is 18.9. The topological polar surface area (TPSA) is 72.7 Å². The van der Waals surface area contributed by atoms with Gasteiger partial charge in [-0.2, -0.15) is 5.26 Å². The molecule has 0 aromatic heterocycles. The van der Waals surface area contributed by atoms with Gasteiger partial charge in [0.25, 0.3) is 0 Å². The maximum Gasteiger partial charge on any atom is 0.191 e. The number of aliphatic imine (C=N–C) groups is 1. The summed E-state index contributed by atoms with van der Waals surface area (Å²) >= 11 is 0. The number of morpholine rings is 1. The Morgan fingerprint density at radius 3 is 2.67 bits per heavy atom. The first-order chi connectivity index (χ1) is 14.7. The fourth-order valence-corrected chi connectivity index (χ4v) is 3.48. The van der Waals surface area contributed by atoms with Crippen LogP contribution in [0.5, 0.6) is 0 Å². The molecule has 2 aromatic carbocycles. The van der Waals surface area contributed by atoms with Crippen molar-refractivity contribution >= 4 is 5.96 Å². The van der Waals surface area contributed by atoms with Crippen molar-refractivity contribution in [1.82, 2.24) is 15.5 Å². The van der Waals surface area contributed by atoms with Crippen LogP contribution in [0.4, 0.5) is 4.39 Å². The van der Waals surface area contributed by atoms with Crippen LogP contribution in [0.15, 0.2) is 53.5 Å². The van der Waals surface area contributed by atoms with Crippen molar-refractivity contribution in [2.75, 3.05) is 39.4 Å². The van der Waals surface area contributed by atoms with Gasteiger partial charge in [-0.3, -0.25) is 4.90 Å². The Morgan fingerprint density at radius 2 is 1.97 bits per heavy atom. The van der Waals surface area contributed by atoms with Crippen LogP contribution in [0.2, 0.25) is 0 Å². The van der Waals surface area contributed by atoms with Crippen molar-refractivity contribution in [1.29, 1.82) is 5.26 Å². The fourth-order valence-electron chi connectivity index (χ4n) is 3.48. The second-order valence-electron chi connectivity index (χ2n) is 7.10. The molecule has 2 N–H and O–H groups in total. The van der Waals surface area contributed by atoms with Crippen molar-refractivity contribution in [2.45, 2.75) is 19.5 Å². The van der Waals surface area contributed by atoms with Crippen LogP contribution in [-0.2, 0) is 11.3 Å². The van der Waals surface area contributed by atoms with Gasteiger partial charge in [0.05, 0.1) is 37.4 Å². The number of guanidine groups is 1. The van der Waals surface area contributed by atoms with Gasteiger partial charge in [0.2, 0.25) is 0 Å². The summed E-state index contributed by atoms with van der Waals surface area (Å²) in [6, 6.07) is 16.4. The molecule has 158 valence electrons. The number of nitrogens with zero attached hydrogens (tertiary/aromatic N) is 3. The molecule has 1 unspecified atom stereocenters. The molecule has 1 heterocycles. The van der Waals surface area contributed by atoms with E-state index in [1.54, 1.807) is 6.07 Å². The molecule has 0 aliphatic carbocycles. The highest BCUT2D eigenvalue weighted by Gasteiger charge is 2.23. The van der Waals surface area contributed by atoms with E-state index >= 15 is 0 Å². The van der Waals surface area contributed by atoms with Gasteiger partial charge in [-0.05, 0) is 42.3 Å². The number of nitriles is 1. The molecule has 1 saturated heterocycles. The van der Waals surface area contributed by atoms with Gasteiger partial charge >= 0.3 is 0 Å². The lowest BCUT2D eigenvalue weighted by Gasteiger charge is -2.35. The summed E-state index contributed by atoms with van der Waals surface area (Å²) in [4.78, 5) is 7.02. The van der Waals surface area contributed by atoms with E-state index in [9.17, 15) is 4.39 Å². The second-order valence-corrected chi connectivity index (χ2v) is 7.10. The van der Waals surface area contributed by atoms with E-state index in [4.69, 9.17) is 10.00 Å². The predicted octanol–water partition coefficient (Wildman–Crippen LogP) is 2.83. The standard InChI is InChI=1S/C23H28FN5O/c1-2-26-23(27-16-19-5-3-4-18(14-19)15-25)28-17-22(29-10-12-30-13-11-29)20-6-8-21(24)9-7-20/h3-9,14,22H,2,10-13,16-17H2,1H3,(H2,26,27,28). The summed E-state index contributed by atoms with van der Waals surface area (Å²) in [7, 11) is 0. The summed E-state index contributed by atoms with van der Waals surface area (Å²) in [5.74, 6) is 0.474. The molecular weight excluding hydrogens is 381 g/mol. The van der Waals surface area contributed by atoms with Crippen LogP contribution < -0.4 is 10.6 Å². The lowest BCUT2D eigenvalue weighted by molar-refractivity contribution is 0.0170. The molecule has 0 bridgehead atoms. The van der Waals surface area contributed by atoms with Gasteiger partial charge in [-0.25, -0.2) is 9.38 Å². The van der Waals surface area contributed by atoms with Gasteiger partial charge in [0, 0.05) is 26.2 Å². The second kappa shape index (κ2) is 11.3. The van der Waals surface area contributed by atoms with Crippen LogP contribution in [-0.4, -0.2) is 50.3 Å². The average Bonchev–Trinajstić information content (AvgIpc) is 2.79. The first-order valence-corrected chi connectivity index (χ1v) is 10.3. The molecule has 2 aromatic rings. The summed E-state index contributed by atoms with van der Waals surface area (Å²) in [5, 5.41) is 15.8. The van der Waals surface area contributed by atoms with Gasteiger partial charge in [-0.1, -0.05) is 24.3 Å². The number of hydrogen-bond acceptors (Lipinski definition) is 4. The third-order valence-electron chi connectivity index (χ3n) is 5.02. The minimum Gasteiger partial charge on any atom is -0.379 e. The van der Waals surface area contributed by atoms with Crippen LogP contribution >= 0.6 is 0 Å². The Labute approximate surface area is 177 Å². The molecule has 1 atom stereocenters. The zero-order chi connectivity index (χ0) is 21.2. The van der Waals surface area contributed by atoms with Crippen LogP contribution in [0.3, 0.4) is 0 Å². The van der Waals surface area contributed by atoms with E-state index in [1.807, 2.05) is 37.3 Å². The Morgan fingerprint density at radius 1 is 1.20 bits per heavy atom. The maximum absolute atomic E-state index is 13.4. The average molecular weight is 410 g/mol. The fraction of sp³-hybridized carbons (Fsp3) is 0.391. The molecule has 30 heavy (non-hydrogen) atoms. The Bertz CT molecular complexity index is 872. The summed E-state index contributed by atoms with van der Waals surface area (Å²) in [5.41, 5.74) is 2.67. The van der Waals surface area contributed by atoms with Gasteiger partial charge < -0.3 is 15.4 Å². The maximum atomic E-state index is 13.4. The first-order valence-electron chi connectivity index (χ1n) is 10.3. The summed E-state index contributed by atoms with van der Waals surface area (Å²) in [6.45, 7) is 6.92. The molecule has 1 fully saturated rings. The Hall–Kier alpha value is -2.95. The van der Waals surface area contributed by atoms with Crippen LogP contribution in [0.25, 0.3) is 0 Å². The number of benzene rings is 2. The molecule has 6 nitrogen and oxygen atoms in total. The first kappa shape index (κ1) is 21.8. The molecular formula is C23H28FN5O. The number of halogens is 1. The van der Waals surface area contributed by atoms with E-state index in [0.717, 1.165) is 30.8 Å². The zero-order valence-electron chi connectivity index (χ0n) is 17.3. The van der Waals surface area contributed by atoms with E-state index in [-0.39, 0.29) is 11.9 Å². The van der Waals surface area contributed by atoms with Crippen LogP contribution in [0, 0.1) is 17.1 Å². The normalized spacial score (nSPS) is 16.0. The molecule has 1 aliphatic heterocycles. The summed E-state index contributed by atoms with van der Waals surface area (Å²) in [6.07, 6.45) is 0. The number of ether oxygens (including phenoxy) is 1. The predicted molar refractivity (Wildman–Crippen MR) is 116 cm³/mol. The molecule has 1 aliphatic rings. The third-order valence-corrected chi connectivity index (χ3v) is 5.02. The van der Waals surface area contributed by atoms with Gasteiger partial charge in [0.15, 0.2) is 5.96 Å². The van der Waals surface area contributed by atoms with E-state index in [2.05, 4.69) is 26.6 Å². The van der Waals surface area contributed by atoms with Crippen molar-refractivity contribution < 1.29 is 9.13 Å². The number of rotatable bonds is 7. The minimum atomic E-state index is -0.234. The molecule has 0 radical (unpaired) electrons. The zero-order valence-corrected chi connectivity index (χ0v) is 17.3. The van der Waals surface area contributed by atoms with Crippen molar-refractivity contribution in [3.63, 3.8) is 0 Å². The molecule has 7 heteroatoms. The highest BCUT2D eigenvalue weighted by Crippen LogP contribution is 2.21. The molecule has 0 amide bonds. The molecule has 0 spiro atoms. The highest BCUT2D eigenvalue weighted by molar-refractivity contribution is 5.79. The minimum absolute atomic E-state index is 0.0836. The Kier molecular flexibility index (Phi) is 8.19. The van der Waals surface area contributed by atoms with Crippen molar-refractivity contribution in [3.8, 4) is 6.07 Å². The van der Waals surface area contributed by atoms with Crippen molar-refractivity contribution in [3.05, 3.63) is 71.0 Å². The number of nitrogens with one attached hydrogen (secondary N) is 2. The number of hydrogen-bond donors (Lipinski definition) is 2. The van der Waals surface area contributed by atoms with Crippen LogP contribution in [0.1, 0.15) is 29.7 Å². The lowest BCUT2D eigenvalue weighted by Crippen LogP contribution is -2.46. The van der Waals surface area contributed by atoms with E-state index < -0.39 is 0 Å². The third kappa shape index (κ3) is 6.28. The smallest absolute Gasteiger partial charge is 0.191 e. The Balaban J connectivity index is 1.71. The van der Waals surface area contributed by atoms with Crippen molar-refractivity contribution in [2.24, 2.45) is 4.99 Å². The molecule has 0 saturated carbocycles. The van der Waals surface area contributed by atoms with Gasteiger partial charge in [0.1, 0.15) is 5.82 Å². The largest absolute Gasteiger partial charge is 0.379 e. The quantitative estimate of drug-likeness (QED) is 0.544.